The van der Waals surface area contributed by atoms with Crippen molar-refractivity contribution < 1.29 is 30.5 Å². The summed E-state index contributed by atoms with van der Waals surface area (Å²) in [6.45, 7) is 5.70. The number of allylic oxidation sites excluding steroid dienone is 2. The van der Waals surface area contributed by atoms with Gasteiger partial charge in [0.05, 0.1) is 59.2 Å². The second-order valence-corrected chi connectivity index (χ2v) is 13.1. The second-order valence-electron chi connectivity index (χ2n) is 9.94. The Labute approximate surface area is 251 Å². The Kier molecular flexibility index (Phi) is 9.57. The number of hydrogen-bond acceptors (Lipinski definition) is 8. The van der Waals surface area contributed by atoms with Crippen molar-refractivity contribution in [3.8, 4) is 12.1 Å². The van der Waals surface area contributed by atoms with Crippen LogP contribution in [0.25, 0.3) is 17.1 Å². The molecule has 1 aliphatic rings. The van der Waals surface area contributed by atoms with Gasteiger partial charge in [-0.2, -0.15) is 27.4 Å². The molecule has 2 aromatic carbocycles. The highest BCUT2D eigenvalue weighted by Crippen LogP contribution is 2.42. The fourth-order valence-corrected chi connectivity index (χ4v) is 6.37. The molecule has 1 aromatic heterocycles. The summed E-state index contributed by atoms with van der Waals surface area (Å²) in [5.41, 5.74) is 4.15. The van der Waals surface area contributed by atoms with Gasteiger partial charge in [0.15, 0.2) is 11.0 Å². The van der Waals surface area contributed by atoms with Crippen LogP contribution in [0.15, 0.2) is 54.4 Å². The number of nitrogens with zero attached hydrogens (tertiary/aromatic N) is 6. The van der Waals surface area contributed by atoms with Gasteiger partial charge in [-0.3, -0.25) is 9.11 Å². The van der Waals surface area contributed by atoms with E-state index in [0.29, 0.717) is 24.2 Å². The van der Waals surface area contributed by atoms with E-state index >= 15 is 0 Å². The van der Waals surface area contributed by atoms with Crippen LogP contribution >= 0.6 is 0 Å². The number of benzene rings is 2. The maximum atomic E-state index is 11.4. The van der Waals surface area contributed by atoms with Crippen LogP contribution in [0.3, 0.4) is 0 Å². The topological polar surface area (TPSA) is 172 Å². The van der Waals surface area contributed by atoms with Crippen molar-refractivity contribution in [1.82, 2.24) is 4.57 Å². The minimum Gasteiger partial charge on any atom is -0.326 e. The van der Waals surface area contributed by atoms with Crippen molar-refractivity contribution in [2.75, 3.05) is 34.4 Å². The van der Waals surface area contributed by atoms with Gasteiger partial charge in [0.1, 0.15) is 5.82 Å². The molecule has 1 aliphatic heterocycles. The van der Waals surface area contributed by atoms with Gasteiger partial charge in [0.2, 0.25) is 0 Å². The molecule has 0 radical (unpaired) electrons. The van der Waals surface area contributed by atoms with Crippen molar-refractivity contribution >= 4 is 48.7 Å². The molecule has 0 saturated heterocycles. The minimum absolute atomic E-state index is 0.159. The number of anilines is 2. The van der Waals surface area contributed by atoms with E-state index in [0.717, 1.165) is 34.1 Å². The number of rotatable bonds is 12. The molecule has 43 heavy (non-hydrogen) atoms. The lowest BCUT2D eigenvalue weighted by Gasteiger charge is -2.24. The molecule has 0 spiro atoms. The summed E-state index contributed by atoms with van der Waals surface area (Å²) in [5, 5.41) is 19.0. The van der Waals surface area contributed by atoms with Crippen molar-refractivity contribution in [3.05, 3.63) is 71.3 Å². The highest BCUT2D eigenvalue weighted by atomic mass is 32.2. The van der Waals surface area contributed by atoms with E-state index in [1.807, 2.05) is 63.1 Å². The number of aryl methyl sites for hydroxylation is 2. The quantitative estimate of drug-likeness (QED) is 0.224. The van der Waals surface area contributed by atoms with Crippen LogP contribution in [0.2, 0.25) is 0 Å². The largest absolute Gasteiger partial charge is 0.326 e. The minimum atomic E-state index is -4.15. The van der Waals surface area contributed by atoms with E-state index < -0.39 is 31.7 Å². The predicted octanol–water partition coefficient (Wildman–Crippen LogP) is 3.45. The van der Waals surface area contributed by atoms with E-state index in [4.69, 9.17) is 0 Å². The summed E-state index contributed by atoms with van der Waals surface area (Å²) >= 11 is 0. The van der Waals surface area contributed by atoms with Crippen molar-refractivity contribution in [1.29, 1.82) is 10.5 Å². The molecule has 0 aliphatic carbocycles. The van der Waals surface area contributed by atoms with Crippen LogP contribution in [0.4, 0.5) is 11.4 Å². The van der Waals surface area contributed by atoms with E-state index in [9.17, 15) is 36.5 Å². The average molecular weight is 626 g/mol. The zero-order valence-corrected chi connectivity index (χ0v) is 25.5. The molecule has 0 bridgehead atoms. The number of nitriles is 2. The SMILES string of the molecule is CCN1C(=CC=Cc2n(CCCS(=O)(=O)O)c3cc(C#N)ccc3[n+]2CC)N(CCCS(=O)(=O)O)c2cc(C#N)ccc21. The summed E-state index contributed by atoms with van der Waals surface area (Å²) < 4.78 is 68.2. The smallest absolute Gasteiger partial charge is 0.282 e. The van der Waals surface area contributed by atoms with Gasteiger partial charge in [-0.15, -0.1) is 0 Å². The summed E-state index contributed by atoms with van der Waals surface area (Å²) in [4.78, 5) is 3.97. The summed E-state index contributed by atoms with van der Waals surface area (Å²) in [6, 6.07) is 14.9. The van der Waals surface area contributed by atoms with Crippen LogP contribution in [0.5, 0.6) is 0 Å². The van der Waals surface area contributed by atoms with Gasteiger partial charge in [0.25, 0.3) is 26.1 Å². The molecule has 12 nitrogen and oxygen atoms in total. The number of imidazole rings is 1. The predicted molar refractivity (Wildman–Crippen MR) is 163 cm³/mol. The molecule has 0 fully saturated rings. The van der Waals surface area contributed by atoms with Gasteiger partial charge in [-0.05, 0) is 56.7 Å². The van der Waals surface area contributed by atoms with Gasteiger partial charge < -0.3 is 9.80 Å². The van der Waals surface area contributed by atoms with Gasteiger partial charge in [-0.25, -0.2) is 9.13 Å². The first kappa shape index (κ1) is 31.7. The standard InChI is InChI=1S/C29H32N6O6S2/c1-3-32-24-12-10-22(20-30)18-26(24)34(14-6-16-42(36,37)38)28(32)8-5-9-29-33(4-2)25-13-11-23(21-31)19-27(25)35(29)15-7-17-43(39,40)41/h5,8-13,18-19H,3-4,6-7,14-17H2,1-2H3,(H-,36,37,38,39,40,41)/p+1. The molecule has 2 N–H and O–H groups in total. The highest BCUT2D eigenvalue weighted by Gasteiger charge is 2.30. The third-order valence-corrected chi connectivity index (χ3v) is 8.78. The van der Waals surface area contributed by atoms with Crippen LogP contribution in [-0.4, -0.2) is 55.1 Å². The van der Waals surface area contributed by atoms with Gasteiger partial charge in [0, 0.05) is 31.7 Å². The Balaban J connectivity index is 1.79. The summed E-state index contributed by atoms with van der Waals surface area (Å²) in [7, 11) is -8.30. The van der Waals surface area contributed by atoms with Crippen molar-refractivity contribution in [2.45, 2.75) is 39.8 Å². The first-order valence-corrected chi connectivity index (χ1v) is 17.0. The van der Waals surface area contributed by atoms with Crippen LogP contribution in [0.1, 0.15) is 43.6 Å². The van der Waals surface area contributed by atoms with E-state index in [1.165, 1.54) is 0 Å². The fourth-order valence-electron chi connectivity index (χ4n) is 5.38. The molecule has 0 saturated carbocycles. The Morgan fingerprint density at radius 1 is 0.860 bits per heavy atom. The average Bonchev–Trinajstić information content (AvgIpc) is 3.41. The summed E-state index contributed by atoms with van der Waals surface area (Å²) in [6.07, 6.45) is 5.92. The molecule has 4 rings (SSSR count). The fraction of sp³-hybridized carbons (Fsp3) is 0.345. The first-order chi connectivity index (χ1) is 20.4. The highest BCUT2D eigenvalue weighted by molar-refractivity contribution is 7.86. The van der Waals surface area contributed by atoms with Crippen molar-refractivity contribution in [3.63, 3.8) is 0 Å². The zero-order chi connectivity index (χ0) is 31.4. The number of fused-ring (bicyclic) bond motifs is 2. The van der Waals surface area contributed by atoms with E-state index in [2.05, 4.69) is 12.1 Å². The van der Waals surface area contributed by atoms with Crippen LogP contribution < -0.4 is 14.4 Å². The number of aromatic nitrogens is 2. The lowest BCUT2D eigenvalue weighted by molar-refractivity contribution is -0.670. The van der Waals surface area contributed by atoms with E-state index in [1.54, 1.807) is 24.3 Å². The first-order valence-electron chi connectivity index (χ1n) is 13.7. The zero-order valence-electron chi connectivity index (χ0n) is 23.9. The normalized spacial score (nSPS) is 14.5. The maximum absolute atomic E-state index is 11.4. The molecular formula is C29H33N6O6S2+. The molecule has 0 amide bonds. The Hall–Kier alpha value is -4.21. The third-order valence-electron chi connectivity index (χ3n) is 7.17. The Morgan fingerprint density at radius 2 is 1.49 bits per heavy atom. The summed E-state index contributed by atoms with van der Waals surface area (Å²) in [5.74, 6) is 0.694. The van der Waals surface area contributed by atoms with Gasteiger partial charge >= 0.3 is 0 Å². The van der Waals surface area contributed by atoms with Gasteiger partial charge in [-0.1, -0.05) is 6.08 Å². The molecule has 226 valence electrons. The van der Waals surface area contributed by atoms with Crippen molar-refractivity contribution in [2.24, 2.45) is 0 Å². The van der Waals surface area contributed by atoms with Crippen LogP contribution in [0, 0.1) is 22.7 Å². The third kappa shape index (κ3) is 7.24. The van der Waals surface area contributed by atoms with E-state index in [-0.39, 0.29) is 25.9 Å². The number of hydrogen-bond donors (Lipinski definition) is 2. The van der Waals surface area contributed by atoms with Crippen LogP contribution in [-0.2, 0) is 33.3 Å². The lowest BCUT2D eigenvalue weighted by atomic mass is 10.2. The Bertz CT molecular complexity index is 1900. The maximum Gasteiger partial charge on any atom is 0.282 e. The molecule has 14 heteroatoms. The molecule has 0 unspecified atom stereocenters. The monoisotopic (exact) mass is 625 g/mol. The Morgan fingerprint density at radius 3 is 2.09 bits per heavy atom. The molecule has 0 atom stereocenters. The molecule has 3 aromatic rings. The lowest BCUT2D eigenvalue weighted by Crippen LogP contribution is -2.35. The molecular weight excluding hydrogens is 592 g/mol. The molecule has 2 heterocycles. The second kappa shape index (κ2) is 13.0.